The summed E-state index contributed by atoms with van der Waals surface area (Å²) in [5, 5.41) is 5.87. The third-order valence-corrected chi connectivity index (χ3v) is 3.78. The van der Waals surface area contributed by atoms with Gasteiger partial charge in [0.05, 0.1) is 11.3 Å². The first-order chi connectivity index (χ1) is 12.6. The molecular formula is C18H12F5N3O. The van der Waals surface area contributed by atoms with Crippen LogP contribution < -0.4 is 5.32 Å². The third kappa shape index (κ3) is 3.97. The monoisotopic (exact) mass is 381 g/mol. The van der Waals surface area contributed by atoms with E-state index in [4.69, 9.17) is 0 Å². The molecule has 0 atom stereocenters. The van der Waals surface area contributed by atoms with Gasteiger partial charge in [0.25, 0.3) is 5.91 Å². The number of rotatable bonds is 3. The smallest absolute Gasteiger partial charge is 0.322 e. The molecule has 3 aromatic rings. The molecule has 4 nitrogen and oxygen atoms in total. The second-order valence-electron chi connectivity index (χ2n) is 5.69. The molecule has 0 aliphatic heterocycles. The minimum atomic E-state index is -4.55. The van der Waals surface area contributed by atoms with Crippen molar-refractivity contribution in [2.24, 2.45) is 7.05 Å². The van der Waals surface area contributed by atoms with Gasteiger partial charge < -0.3 is 5.32 Å². The van der Waals surface area contributed by atoms with E-state index in [1.807, 2.05) is 0 Å². The largest absolute Gasteiger partial charge is 0.435 e. The van der Waals surface area contributed by atoms with Crippen molar-refractivity contribution in [2.75, 3.05) is 5.32 Å². The number of halogens is 5. The highest BCUT2D eigenvalue weighted by atomic mass is 19.4. The van der Waals surface area contributed by atoms with Gasteiger partial charge in [-0.1, -0.05) is 12.1 Å². The Kier molecular flexibility index (Phi) is 4.69. The molecule has 0 spiro atoms. The molecule has 1 aromatic heterocycles. The van der Waals surface area contributed by atoms with Crippen LogP contribution in [-0.2, 0) is 13.2 Å². The highest BCUT2D eigenvalue weighted by Crippen LogP contribution is 2.31. The summed E-state index contributed by atoms with van der Waals surface area (Å²) in [6.07, 6.45) is -4.55. The molecule has 0 saturated heterocycles. The Bertz CT molecular complexity index is 993. The number of anilines is 1. The Morgan fingerprint density at radius 3 is 2.26 bits per heavy atom. The number of amides is 1. The van der Waals surface area contributed by atoms with E-state index in [1.54, 1.807) is 0 Å². The molecule has 0 radical (unpaired) electrons. The summed E-state index contributed by atoms with van der Waals surface area (Å²) in [6, 6.07) is 9.38. The SMILES string of the molecule is Cn1nc(C(F)(F)F)cc1-c1ccc(NC(=O)c2ccc(F)cc2F)cc1. The molecule has 1 amide bonds. The molecular weight excluding hydrogens is 369 g/mol. The van der Waals surface area contributed by atoms with E-state index in [9.17, 15) is 26.7 Å². The number of aromatic nitrogens is 2. The summed E-state index contributed by atoms with van der Waals surface area (Å²) in [7, 11) is 1.39. The second kappa shape index (κ2) is 6.82. The van der Waals surface area contributed by atoms with Crippen molar-refractivity contribution < 1.29 is 26.7 Å². The van der Waals surface area contributed by atoms with E-state index >= 15 is 0 Å². The molecule has 1 heterocycles. The molecule has 9 heteroatoms. The number of nitrogens with zero attached hydrogens (tertiary/aromatic N) is 2. The van der Waals surface area contributed by atoms with Crippen molar-refractivity contribution in [1.82, 2.24) is 9.78 Å². The zero-order chi connectivity index (χ0) is 19.8. The number of aryl methyl sites for hydroxylation is 1. The molecule has 0 fully saturated rings. The molecule has 3 rings (SSSR count). The van der Waals surface area contributed by atoms with Gasteiger partial charge in [-0.3, -0.25) is 9.48 Å². The van der Waals surface area contributed by atoms with Crippen LogP contribution in [0.1, 0.15) is 16.1 Å². The Balaban J connectivity index is 1.80. The maximum Gasteiger partial charge on any atom is 0.435 e. The third-order valence-electron chi connectivity index (χ3n) is 3.78. The zero-order valence-electron chi connectivity index (χ0n) is 13.8. The van der Waals surface area contributed by atoms with Gasteiger partial charge in [0, 0.05) is 18.8 Å². The quantitative estimate of drug-likeness (QED) is 0.672. The number of carbonyl (C=O) groups excluding carboxylic acids is 1. The number of hydrogen-bond acceptors (Lipinski definition) is 2. The fraction of sp³-hybridized carbons (Fsp3) is 0.111. The van der Waals surface area contributed by atoms with E-state index in [1.165, 1.54) is 31.3 Å². The van der Waals surface area contributed by atoms with Crippen molar-refractivity contribution in [3.63, 3.8) is 0 Å². The average Bonchev–Trinajstić information content (AvgIpc) is 2.97. The van der Waals surface area contributed by atoms with E-state index in [0.717, 1.165) is 22.9 Å². The molecule has 2 aromatic carbocycles. The average molecular weight is 381 g/mol. The van der Waals surface area contributed by atoms with Crippen molar-refractivity contribution in [2.45, 2.75) is 6.18 Å². The number of hydrogen-bond donors (Lipinski definition) is 1. The summed E-state index contributed by atoms with van der Waals surface area (Å²) in [4.78, 5) is 12.1. The first-order valence-corrected chi connectivity index (χ1v) is 7.63. The van der Waals surface area contributed by atoms with Crippen molar-refractivity contribution >= 4 is 11.6 Å². The summed E-state index contributed by atoms with van der Waals surface area (Å²) in [5.41, 5.74) is -0.354. The Morgan fingerprint density at radius 2 is 1.70 bits per heavy atom. The predicted molar refractivity (Wildman–Crippen MR) is 88.0 cm³/mol. The normalized spacial score (nSPS) is 11.5. The topological polar surface area (TPSA) is 46.9 Å². The van der Waals surface area contributed by atoms with Gasteiger partial charge in [-0.05, 0) is 35.9 Å². The zero-order valence-corrected chi connectivity index (χ0v) is 13.8. The Hall–Kier alpha value is -3.23. The van der Waals surface area contributed by atoms with E-state index in [-0.39, 0.29) is 11.3 Å². The first-order valence-electron chi connectivity index (χ1n) is 7.63. The van der Waals surface area contributed by atoms with Crippen LogP contribution in [0.2, 0.25) is 0 Å². The standard InChI is InChI=1S/C18H12F5N3O/c1-26-15(9-16(25-26)18(21,22)23)10-2-5-12(6-3-10)24-17(27)13-7-4-11(19)8-14(13)20/h2-9H,1H3,(H,24,27). The molecule has 0 bridgehead atoms. The number of nitrogens with one attached hydrogen (secondary N) is 1. The maximum absolute atomic E-state index is 13.6. The van der Waals surface area contributed by atoms with Crippen LogP contribution in [0.5, 0.6) is 0 Å². The number of carbonyl (C=O) groups is 1. The second-order valence-corrected chi connectivity index (χ2v) is 5.69. The predicted octanol–water partition coefficient (Wildman–Crippen LogP) is 4.64. The van der Waals surface area contributed by atoms with E-state index < -0.39 is 29.4 Å². The van der Waals surface area contributed by atoms with Crippen molar-refractivity contribution in [1.29, 1.82) is 0 Å². The van der Waals surface area contributed by atoms with Crippen LogP contribution in [0.4, 0.5) is 27.6 Å². The maximum atomic E-state index is 13.6. The van der Waals surface area contributed by atoms with Gasteiger partial charge in [-0.25, -0.2) is 8.78 Å². The highest BCUT2D eigenvalue weighted by molar-refractivity contribution is 6.04. The van der Waals surface area contributed by atoms with E-state index in [2.05, 4.69) is 10.4 Å². The lowest BCUT2D eigenvalue weighted by molar-refractivity contribution is -0.141. The molecule has 0 unspecified atom stereocenters. The molecule has 0 aliphatic carbocycles. The van der Waals surface area contributed by atoms with Crippen molar-refractivity contribution in [3.8, 4) is 11.3 Å². The molecule has 0 aliphatic rings. The van der Waals surface area contributed by atoms with Crippen LogP contribution in [0.15, 0.2) is 48.5 Å². The molecule has 140 valence electrons. The summed E-state index contributed by atoms with van der Waals surface area (Å²) in [6.45, 7) is 0. The summed E-state index contributed by atoms with van der Waals surface area (Å²) in [5.74, 6) is -2.58. The highest BCUT2D eigenvalue weighted by Gasteiger charge is 2.34. The molecule has 0 saturated carbocycles. The van der Waals surface area contributed by atoms with Gasteiger partial charge >= 0.3 is 6.18 Å². The van der Waals surface area contributed by atoms with Gasteiger partial charge in [-0.2, -0.15) is 18.3 Å². The number of benzene rings is 2. The first kappa shape index (κ1) is 18.6. The molecule has 1 N–H and O–H groups in total. The van der Waals surface area contributed by atoms with Gasteiger partial charge in [-0.15, -0.1) is 0 Å². The minimum absolute atomic E-state index is 0.241. The fourth-order valence-electron chi connectivity index (χ4n) is 2.47. The lowest BCUT2D eigenvalue weighted by atomic mass is 10.1. The van der Waals surface area contributed by atoms with Crippen LogP contribution in [0, 0.1) is 11.6 Å². The van der Waals surface area contributed by atoms with Crippen molar-refractivity contribution in [3.05, 3.63) is 71.4 Å². The lowest BCUT2D eigenvalue weighted by Crippen LogP contribution is -2.13. The lowest BCUT2D eigenvalue weighted by Gasteiger charge is -2.08. The van der Waals surface area contributed by atoms with Crippen LogP contribution in [-0.4, -0.2) is 15.7 Å². The van der Waals surface area contributed by atoms with Gasteiger partial charge in [0.15, 0.2) is 5.69 Å². The molecule has 27 heavy (non-hydrogen) atoms. The minimum Gasteiger partial charge on any atom is -0.322 e. The van der Waals surface area contributed by atoms with Gasteiger partial charge in [0.2, 0.25) is 0 Å². The van der Waals surface area contributed by atoms with Crippen LogP contribution in [0.25, 0.3) is 11.3 Å². The summed E-state index contributed by atoms with van der Waals surface area (Å²) >= 11 is 0. The Labute approximate surface area is 150 Å². The van der Waals surface area contributed by atoms with Crippen LogP contribution in [0.3, 0.4) is 0 Å². The van der Waals surface area contributed by atoms with E-state index in [0.29, 0.717) is 17.3 Å². The summed E-state index contributed by atoms with van der Waals surface area (Å²) < 4.78 is 65.9. The Morgan fingerprint density at radius 1 is 1.04 bits per heavy atom. The number of alkyl halides is 3. The van der Waals surface area contributed by atoms with Gasteiger partial charge in [0.1, 0.15) is 11.6 Å². The fourth-order valence-corrected chi connectivity index (χ4v) is 2.47. The van der Waals surface area contributed by atoms with Crippen LogP contribution >= 0.6 is 0 Å².